The van der Waals surface area contributed by atoms with E-state index < -0.39 is 0 Å². The average Bonchev–Trinajstić information content (AvgIpc) is 3.93. The van der Waals surface area contributed by atoms with Gasteiger partial charge in [-0.3, -0.25) is 0 Å². The molecule has 3 heteroatoms. The fourth-order valence-corrected chi connectivity index (χ4v) is 10.1. The number of fused-ring (bicyclic) bond motifs is 11. The third kappa shape index (κ3) is 4.03. The van der Waals surface area contributed by atoms with Gasteiger partial charge in [-0.1, -0.05) is 140 Å². The first kappa shape index (κ1) is 29.0. The fourth-order valence-electron chi connectivity index (χ4n) is 8.96. The maximum Gasteiger partial charge on any atom is 0.143 e. The zero-order valence-corrected chi connectivity index (χ0v) is 29.2. The van der Waals surface area contributed by atoms with Crippen molar-refractivity contribution in [2.24, 2.45) is 0 Å². The number of para-hydroxylation sites is 1. The average molecular weight is 693 g/mol. The highest BCUT2D eigenvalue weighted by atomic mass is 32.1. The zero-order chi connectivity index (χ0) is 34.6. The van der Waals surface area contributed by atoms with Crippen LogP contribution >= 0.6 is 11.3 Å². The van der Waals surface area contributed by atoms with Gasteiger partial charge in [-0.05, 0) is 73.3 Å². The van der Waals surface area contributed by atoms with Crippen molar-refractivity contribution in [3.8, 4) is 33.4 Å². The van der Waals surface area contributed by atoms with E-state index in [0.717, 1.165) is 55.2 Å². The molecule has 12 aromatic rings. The van der Waals surface area contributed by atoms with Gasteiger partial charge < -0.3 is 8.83 Å². The molecule has 9 aromatic carbocycles. The SMILES string of the molecule is c1ccc2c(-c3coc4c(-c5c6ccccc6c(-c6cccc7sc8ccccc8c67)c6ccccc56)cc5oc6ccccc6c5c34)cccc2c1. The third-order valence-electron chi connectivity index (χ3n) is 11.1. The molecule has 0 fully saturated rings. The second-order valence-corrected chi connectivity index (χ2v) is 15.0. The first-order valence-electron chi connectivity index (χ1n) is 18.0. The summed E-state index contributed by atoms with van der Waals surface area (Å²) in [4.78, 5) is 0. The molecular weight excluding hydrogens is 665 g/mol. The first-order chi connectivity index (χ1) is 26.3. The lowest BCUT2D eigenvalue weighted by Crippen LogP contribution is -1.92. The van der Waals surface area contributed by atoms with E-state index in [1.54, 1.807) is 0 Å². The highest BCUT2D eigenvalue weighted by Gasteiger charge is 2.26. The van der Waals surface area contributed by atoms with Crippen molar-refractivity contribution in [3.63, 3.8) is 0 Å². The molecule has 3 aromatic heterocycles. The summed E-state index contributed by atoms with van der Waals surface area (Å²) in [5.74, 6) is 0. The topological polar surface area (TPSA) is 26.3 Å². The number of rotatable bonds is 3. The molecule has 0 N–H and O–H groups in total. The molecule has 0 saturated carbocycles. The lowest BCUT2D eigenvalue weighted by molar-refractivity contribution is 0.617. The summed E-state index contributed by atoms with van der Waals surface area (Å²) >= 11 is 1.86. The van der Waals surface area contributed by atoms with Crippen LogP contribution in [0.5, 0.6) is 0 Å². The van der Waals surface area contributed by atoms with Crippen LogP contribution in [0, 0.1) is 0 Å². The molecule has 0 aliphatic heterocycles. The predicted molar refractivity (Wildman–Crippen MR) is 225 cm³/mol. The Balaban J connectivity index is 1.25. The summed E-state index contributed by atoms with van der Waals surface area (Å²) in [6.45, 7) is 0. The highest BCUT2D eigenvalue weighted by Crippen LogP contribution is 2.51. The van der Waals surface area contributed by atoms with Crippen LogP contribution in [0.3, 0.4) is 0 Å². The molecule has 53 heavy (non-hydrogen) atoms. The minimum Gasteiger partial charge on any atom is -0.463 e. The Bertz CT molecular complexity index is 3400. The van der Waals surface area contributed by atoms with Gasteiger partial charge in [0.25, 0.3) is 0 Å². The van der Waals surface area contributed by atoms with Gasteiger partial charge in [-0.25, -0.2) is 0 Å². The minimum absolute atomic E-state index is 0.850. The molecule has 246 valence electrons. The van der Waals surface area contributed by atoms with Gasteiger partial charge in [-0.2, -0.15) is 0 Å². The number of benzene rings is 9. The number of hydrogen-bond donors (Lipinski definition) is 0. The number of hydrogen-bond acceptors (Lipinski definition) is 3. The maximum absolute atomic E-state index is 6.83. The monoisotopic (exact) mass is 692 g/mol. The highest BCUT2D eigenvalue weighted by molar-refractivity contribution is 7.26. The van der Waals surface area contributed by atoms with E-state index in [1.807, 2.05) is 23.7 Å². The molecule has 0 spiro atoms. The molecule has 3 heterocycles. The largest absolute Gasteiger partial charge is 0.463 e. The third-order valence-corrected chi connectivity index (χ3v) is 12.3. The molecule has 0 aliphatic rings. The van der Waals surface area contributed by atoms with Crippen molar-refractivity contribution in [1.82, 2.24) is 0 Å². The van der Waals surface area contributed by atoms with Crippen LogP contribution in [-0.2, 0) is 0 Å². The molecule has 0 bridgehead atoms. The van der Waals surface area contributed by atoms with Gasteiger partial charge in [0.05, 0.1) is 6.26 Å². The molecule has 0 aliphatic carbocycles. The molecular formula is C50H28O2S. The van der Waals surface area contributed by atoms with Gasteiger partial charge in [0, 0.05) is 53.0 Å². The van der Waals surface area contributed by atoms with E-state index >= 15 is 0 Å². The van der Waals surface area contributed by atoms with Crippen LogP contribution in [-0.4, -0.2) is 0 Å². The standard InChI is InChI=1S/C50H28O2S/c1-2-15-30-29(13-1)14-11-22-31(30)40-28-51-50-39(27-42-48(49(40)50)36-20-7-9-24-41(36)52-42)46-34-18-5-3-16-32(34)45(33-17-4-6-19-35(33)46)38-23-12-26-44-47(38)37-21-8-10-25-43(37)53-44/h1-28H. The summed E-state index contributed by atoms with van der Waals surface area (Å²) in [5, 5.41) is 13.0. The van der Waals surface area contributed by atoms with E-state index in [4.69, 9.17) is 8.83 Å². The Morgan fingerprint density at radius 3 is 1.70 bits per heavy atom. The minimum atomic E-state index is 0.850. The van der Waals surface area contributed by atoms with Gasteiger partial charge in [0.1, 0.15) is 16.7 Å². The fraction of sp³-hybridized carbons (Fsp3) is 0. The first-order valence-corrected chi connectivity index (χ1v) is 18.8. The molecule has 0 radical (unpaired) electrons. The summed E-state index contributed by atoms with van der Waals surface area (Å²) in [5.41, 5.74) is 9.48. The van der Waals surface area contributed by atoms with Crippen LogP contribution in [0.4, 0.5) is 0 Å². The van der Waals surface area contributed by atoms with Crippen LogP contribution in [0.15, 0.2) is 179 Å². The van der Waals surface area contributed by atoms with Crippen molar-refractivity contribution in [2.45, 2.75) is 0 Å². The maximum atomic E-state index is 6.83. The Labute approximate surface area is 307 Å². The van der Waals surface area contributed by atoms with E-state index in [9.17, 15) is 0 Å². The van der Waals surface area contributed by atoms with Crippen molar-refractivity contribution in [1.29, 1.82) is 0 Å². The van der Waals surface area contributed by atoms with Crippen molar-refractivity contribution >= 4 is 96.7 Å². The van der Waals surface area contributed by atoms with Gasteiger partial charge >= 0.3 is 0 Å². The van der Waals surface area contributed by atoms with Crippen LogP contribution < -0.4 is 0 Å². The van der Waals surface area contributed by atoms with Crippen LogP contribution in [0.25, 0.3) is 119 Å². The normalized spacial score (nSPS) is 12.2. The molecule has 0 atom stereocenters. The van der Waals surface area contributed by atoms with Crippen LogP contribution in [0.2, 0.25) is 0 Å². The quantitative estimate of drug-likeness (QED) is 0.172. The van der Waals surface area contributed by atoms with E-state index in [-0.39, 0.29) is 0 Å². The smallest absolute Gasteiger partial charge is 0.143 e. The second-order valence-electron chi connectivity index (χ2n) is 13.9. The lowest BCUT2D eigenvalue weighted by Gasteiger charge is -2.18. The van der Waals surface area contributed by atoms with Crippen molar-refractivity contribution < 1.29 is 8.83 Å². The molecule has 2 nitrogen and oxygen atoms in total. The zero-order valence-electron chi connectivity index (χ0n) is 28.4. The van der Waals surface area contributed by atoms with E-state index in [2.05, 4.69) is 158 Å². The Hall–Kier alpha value is -6.68. The molecule has 0 saturated heterocycles. The summed E-state index contributed by atoms with van der Waals surface area (Å²) in [6.07, 6.45) is 1.96. The number of thiophene rings is 1. The van der Waals surface area contributed by atoms with Gasteiger partial charge in [-0.15, -0.1) is 11.3 Å². The van der Waals surface area contributed by atoms with Crippen molar-refractivity contribution in [2.75, 3.05) is 0 Å². The molecule has 12 rings (SSSR count). The van der Waals surface area contributed by atoms with E-state index in [1.165, 1.54) is 63.6 Å². The Kier molecular flexibility index (Phi) is 5.96. The summed E-state index contributed by atoms with van der Waals surface area (Å²) in [6, 6.07) is 59.0. The summed E-state index contributed by atoms with van der Waals surface area (Å²) in [7, 11) is 0. The van der Waals surface area contributed by atoms with E-state index in [0.29, 0.717) is 0 Å². The molecule has 0 unspecified atom stereocenters. The predicted octanol–water partition coefficient (Wildman–Crippen LogP) is 15.2. The van der Waals surface area contributed by atoms with Gasteiger partial charge in [0.2, 0.25) is 0 Å². The summed E-state index contributed by atoms with van der Waals surface area (Å²) < 4.78 is 16.2. The Morgan fingerprint density at radius 2 is 0.925 bits per heavy atom. The van der Waals surface area contributed by atoms with Crippen molar-refractivity contribution in [3.05, 3.63) is 170 Å². The van der Waals surface area contributed by atoms with Gasteiger partial charge in [0.15, 0.2) is 0 Å². The second kappa shape index (κ2) is 10.9. The Morgan fingerprint density at radius 1 is 0.358 bits per heavy atom. The lowest BCUT2D eigenvalue weighted by atomic mass is 9.84. The van der Waals surface area contributed by atoms with Crippen LogP contribution in [0.1, 0.15) is 0 Å². The molecule has 0 amide bonds. The number of furan rings is 2.